The van der Waals surface area contributed by atoms with Crippen molar-refractivity contribution < 1.29 is 9.47 Å². The van der Waals surface area contributed by atoms with Crippen molar-refractivity contribution in [3.63, 3.8) is 0 Å². The van der Waals surface area contributed by atoms with Gasteiger partial charge in [-0.05, 0) is 25.0 Å². The van der Waals surface area contributed by atoms with Crippen molar-refractivity contribution in [2.45, 2.75) is 26.4 Å². The third-order valence-corrected chi connectivity index (χ3v) is 3.96. The van der Waals surface area contributed by atoms with Crippen LogP contribution in [-0.2, 0) is 16.0 Å². The second kappa shape index (κ2) is 9.15. The molecular weight excluding hydrogens is 264 g/mol. The standard InChI is InChI=1S/C17H28N2O2/c1-3-20-11-9-19(10-12-21-4-2)17-14-18-13-15-7-5-6-8-16(15)17/h5-8,17-18H,3-4,9-14H2,1-2H3. The van der Waals surface area contributed by atoms with Gasteiger partial charge in [0, 0.05) is 45.4 Å². The Balaban J connectivity index is 2.04. The van der Waals surface area contributed by atoms with Crippen LogP contribution < -0.4 is 5.32 Å². The van der Waals surface area contributed by atoms with E-state index in [1.165, 1.54) is 11.1 Å². The third kappa shape index (κ3) is 4.78. The topological polar surface area (TPSA) is 33.7 Å². The number of nitrogens with zero attached hydrogens (tertiary/aromatic N) is 1. The van der Waals surface area contributed by atoms with E-state index in [2.05, 4.69) is 34.5 Å². The average Bonchev–Trinajstić information content (AvgIpc) is 2.53. The summed E-state index contributed by atoms with van der Waals surface area (Å²) < 4.78 is 11.1. The SMILES string of the molecule is CCOCCN(CCOCC)C1CNCc2ccccc21. The van der Waals surface area contributed by atoms with Gasteiger partial charge < -0.3 is 14.8 Å². The Labute approximate surface area is 128 Å². The first-order valence-corrected chi connectivity index (χ1v) is 8.04. The maximum absolute atomic E-state index is 5.55. The Hall–Kier alpha value is -0.940. The maximum Gasteiger partial charge on any atom is 0.0593 e. The Bertz CT molecular complexity index is 402. The van der Waals surface area contributed by atoms with Crippen molar-refractivity contribution in [1.82, 2.24) is 10.2 Å². The molecule has 1 atom stereocenters. The molecule has 1 heterocycles. The summed E-state index contributed by atoms with van der Waals surface area (Å²) in [5.41, 5.74) is 2.86. The molecule has 1 N–H and O–H groups in total. The van der Waals surface area contributed by atoms with Crippen molar-refractivity contribution in [2.24, 2.45) is 0 Å². The number of benzene rings is 1. The van der Waals surface area contributed by atoms with E-state index in [4.69, 9.17) is 9.47 Å². The summed E-state index contributed by atoms with van der Waals surface area (Å²) in [6, 6.07) is 9.15. The lowest BCUT2D eigenvalue weighted by Crippen LogP contribution is -2.42. The summed E-state index contributed by atoms with van der Waals surface area (Å²) in [6.45, 7) is 11.1. The van der Waals surface area contributed by atoms with Gasteiger partial charge in [0.2, 0.25) is 0 Å². The predicted octanol–water partition coefficient (Wildman–Crippen LogP) is 2.21. The lowest BCUT2D eigenvalue weighted by Gasteiger charge is -2.36. The van der Waals surface area contributed by atoms with Crippen LogP contribution in [-0.4, -0.2) is 51.0 Å². The minimum Gasteiger partial charge on any atom is -0.380 e. The smallest absolute Gasteiger partial charge is 0.0593 e. The molecule has 0 bridgehead atoms. The fraction of sp³-hybridized carbons (Fsp3) is 0.647. The lowest BCUT2D eigenvalue weighted by atomic mass is 9.95. The molecule has 1 aromatic carbocycles. The Morgan fingerprint density at radius 1 is 1.10 bits per heavy atom. The summed E-state index contributed by atoms with van der Waals surface area (Å²) >= 11 is 0. The predicted molar refractivity (Wildman–Crippen MR) is 85.4 cm³/mol. The molecule has 4 nitrogen and oxygen atoms in total. The molecule has 1 aliphatic heterocycles. The highest BCUT2D eigenvalue weighted by atomic mass is 16.5. The monoisotopic (exact) mass is 292 g/mol. The highest BCUT2D eigenvalue weighted by molar-refractivity contribution is 5.32. The van der Waals surface area contributed by atoms with E-state index < -0.39 is 0 Å². The van der Waals surface area contributed by atoms with Crippen LogP contribution >= 0.6 is 0 Å². The lowest BCUT2D eigenvalue weighted by molar-refractivity contribution is 0.0603. The molecule has 0 aromatic heterocycles. The Morgan fingerprint density at radius 3 is 2.43 bits per heavy atom. The average molecular weight is 292 g/mol. The minimum absolute atomic E-state index is 0.413. The van der Waals surface area contributed by atoms with Gasteiger partial charge in [-0.3, -0.25) is 4.90 Å². The molecule has 0 fully saturated rings. The molecule has 0 amide bonds. The number of rotatable bonds is 9. The molecule has 21 heavy (non-hydrogen) atoms. The summed E-state index contributed by atoms with van der Waals surface area (Å²) in [5.74, 6) is 0. The van der Waals surface area contributed by atoms with Crippen molar-refractivity contribution in [3.05, 3.63) is 35.4 Å². The zero-order chi connectivity index (χ0) is 14.9. The Kier molecular flexibility index (Phi) is 7.16. The van der Waals surface area contributed by atoms with E-state index in [1.54, 1.807) is 0 Å². The van der Waals surface area contributed by atoms with Crippen molar-refractivity contribution in [2.75, 3.05) is 46.1 Å². The fourth-order valence-corrected chi connectivity index (χ4v) is 2.88. The number of fused-ring (bicyclic) bond motifs is 1. The van der Waals surface area contributed by atoms with Crippen LogP contribution in [0.25, 0.3) is 0 Å². The molecule has 1 aliphatic rings. The quantitative estimate of drug-likeness (QED) is 0.708. The van der Waals surface area contributed by atoms with E-state index in [0.29, 0.717) is 6.04 Å². The highest BCUT2D eigenvalue weighted by Gasteiger charge is 2.25. The molecule has 0 saturated heterocycles. The maximum atomic E-state index is 5.55. The van der Waals surface area contributed by atoms with Gasteiger partial charge in [-0.2, -0.15) is 0 Å². The van der Waals surface area contributed by atoms with E-state index in [-0.39, 0.29) is 0 Å². The first-order valence-electron chi connectivity index (χ1n) is 8.04. The molecule has 0 radical (unpaired) electrons. The van der Waals surface area contributed by atoms with Crippen LogP contribution in [0.4, 0.5) is 0 Å². The Morgan fingerprint density at radius 2 is 1.76 bits per heavy atom. The van der Waals surface area contributed by atoms with Gasteiger partial charge in [-0.25, -0.2) is 0 Å². The second-order valence-corrected chi connectivity index (χ2v) is 5.28. The van der Waals surface area contributed by atoms with Crippen molar-refractivity contribution in [3.8, 4) is 0 Å². The van der Waals surface area contributed by atoms with Gasteiger partial charge >= 0.3 is 0 Å². The van der Waals surface area contributed by atoms with Crippen LogP contribution in [0.15, 0.2) is 24.3 Å². The first-order chi connectivity index (χ1) is 10.4. The van der Waals surface area contributed by atoms with Crippen molar-refractivity contribution >= 4 is 0 Å². The van der Waals surface area contributed by atoms with Crippen LogP contribution in [0.5, 0.6) is 0 Å². The van der Waals surface area contributed by atoms with Crippen LogP contribution in [0.2, 0.25) is 0 Å². The van der Waals surface area contributed by atoms with E-state index in [1.807, 2.05) is 13.8 Å². The summed E-state index contributed by atoms with van der Waals surface area (Å²) in [7, 11) is 0. The normalized spacial score (nSPS) is 18.0. The third-order valence-electron chi connectivity index (χ3n) is 3.96. The molecule has 0 spiro atoms. The van der Waals surface area contributed by atoms with Gasteiger partial charge in [0.25, 0.3) is 0 Å². The molecule has 1 unspecified atom stereocenters. The van der Waals surface area contributed by atoms with Gasteiger partial charge in [-0.15, -0.1) is 0 Å². The first kappa shape index (κ1) is 16.4. The van der Waals surface area contributed by atoms with Crippen LogP contribution in [0, 0.1) is 0 Å². The largest absolute Gasteiger partial charge is 0.380 e. The van der Waals surface area contributed by atoms with Gasteiger partial charge in [0.1, 0.15) is 0 Å². The summed E-state index contributed by atoms with van der Waals surface area (Å²) in [4.78, 5) is 2.48. The summed E-state index contributed by atoms with van der Waals surface area (Å²) in [6.07, 6.45) is 0. The number of hydrogen-bond donors (Lipinski definition) is 1. The molecule has 0 aliphatic carbocycles. The number of hydrogen-bond acceptors (Lipinski definition) is 4. The van der Waals surface area contributed by atoms with Gasteiger partial charge in [-0.1, -0.05) is 24.3 Å². The minimum atomic E-state index is 0.413. The van der Waals surface area contributed by atoms with E-state index in [0.717, 1.165) is 52.6 Å². The molecule has 0 saturated carbocycles. The molecular formula is C17H28N2O2. The molecule has 1 aromatic rings. The highest BCUT2D eigenvalue weighted by Crippen LogP contribution is 2.26. The van der Waals surface area contributed by atoms with E-state index in [9.17, 15) is 0 Å². The zero-order valence-electron chi connectivity index (χ0n) is 13.3. The number of ether oxygens (including phenoxy) is 2. The number of nitrogens with one attached hydrogen (secondary N) is 1. The van der Waals surface area contributed by atoms with Crippen molar-refractivity contribution in [1.29, 1.82) is 0 Å². The molecule has 2 rings (SSSR count). The van der Waals surface area contributed by atoms with Gasteiger partial charge in [0.15, 0.2) is 0 Å². The zero-order valence-corrected chi connectivity index (χ0v) is 13.3. The molecule has 4 heteroatoms. The van der Waals surface area contributed by atoms with Crippen LogP contribution in [0.1, 0.15) is 31.0 Å². The second-order valence-electron chi connectivity index (χ2n) is 5.28. The molecule has 118 valence electrons. The van der Waals surface area contributed by atoms with E-state index >= 15 is 0 Å². The van der Waals surface area contributed by atoms with Crippen LogP contribution in [0.3, 0.4) is 0 Å². The van der Waals surface area contributed by atoms with Gasteiger partial charge in [0.05, 0.1) is 13.2 Å². The fourth-order valence-electron chi connectivity index (χ4n) is 2.88. The summed E-state index contributed by atoms with van der Waals surface area (Å²) in [5, 5.41) is 3.53.